The Hall–Kier alpha value is -2.29. The lowest BCUT2D eigenvalue weighted by molar-refractivity contribution is 0.606. The molecular weight excluding hydrogens is 239 g/mol. The minimum atomic E-state index is -0.321. The number of nitrogens with zero attached hydrogens (tertiary/aromatic N) is 1. The average molecular weight is 254 g/mol. The fourth-order valence-corrected chi connectivity index (χ4v) is 2.47. The van der Waals surface area contributed by atoms with Gasteiger partial charge < -0.3 is 10.3 Å². The molecule has 1 aromatic heterocycles. The molecule has 0 unspecified atom stereocenters. The van der Waals surface area contributed by atoms with Gasteiger partial charge in [0.15, 0.2) is 5.82 Å². The fraction of sp³-hybridized carbons (Fsp3) is 0.125. The lowest BCUT2D eigenvalue weighted by Gasteiger charge is -2.08. The maximum atomic E-state index is 14.0. The van der Waals surface area contributed by atoms with Gasteiger partial charge in [0.2, 0.25) is 0 Å². The fourth-order valence-electron chi connectivity index (χ4n) is 2.47. The summed E-state index contributed by atoms with van der Waals surface area (Å²) < 4.78 is 16.0. The Kier molecular flexibility index (Phi) is 2.75. The van der Waals surface area contributed by atoms with E-state index in [4.69, 9.17) is 5.73 Å². The minimum absolute atomic E-state index is 0.200. The van der Waals surface area contributed by atoms with Crippen LogP contribution in [0.2, 0.25) is 0 Å². The van der Waals surface area contributed by atoms with Crippen molar-refractivity contribution >= 4 is 16.6 Å². The molecule has 0 saturated carbocycles. The summed E-state index contributed by atoms with van der Waals surface area (Å²) in [6.07, 6.45) is 2.05. The van der Waals surface area contributed by atoms with Crippen molar-refractivity contribution in [1.29, 1.82) is 0 Å². The van der Waals surface area contributed by atoms with Crippen molar-refractivity contribution in [2.45, 2.75) is 13.5 Å². The monoisotopic (exact) mass is 254 g/mol. The van der Waals surface area contributed by atoms with Crippen molar-refractivity contribution in [3.63, 3.8) is 0 Å². The molecule has 0 bridgehead atoms. The zero-order chi connectivity index (χ0) is 13.4. The molecule has 0 amide bonds. The van der Waals surface area contributed by atoms with Crippen molar-refractivity contribution in [3.8, 4) is 0 Å². The molecule has 0 saturated heterocycles. The molecule has 0 spiro atoms. The molecule has 2 nitrogen and oxygen atoms in total. The van der Waals surface area contributed by atoms with Crippen molar-refractivity contribution in [1.82, 2.24) is 4.57 Å². The number of para-hydroxylation sites is 1. The number of hydrogen-bond acceptors (Lipinski definition) is 1. The molecule has 3 aromatic rings. The van der Waals surface area contributed by atoms with Crippen LogP contribution in [0.3, 0.4) is 0 Å². The molecule has 0 aliphatic carbocycles. The molecule has 3 rings (SSSR count). The zero-order valence-electron chi connectivity index (χ0n) is 10.7. The maximum absolute atomic E-state index is 14.0. The number of hydrogen-bond donors (Lipinski definition) is 1. The number of fused-ring (bicyclic) bond motifs is 1. The number of aryl methyl sites for hydroxylation is 1. The van der Waals surface area contributed by atoms with Crippen LogP contribution >= 0.6 is 0 Å². The first-order valence-electron chi connectivity index (χ1n) is 6.24. The van der Waals surface area contributed by atoms with E-state index in [0.717, 1.165) is 5.52 Å². The van der Waals surface area contributed by atoms with Gasteiger partial charge in [-0.25, -0.2) is 4.39 Å². The minimum Gasteiger partial charge on any atom is -0.396 e. The quantitative estimate of drug-likeness (QED) is 0.694. The first-order valence-corrected chi connectivity index (χ1v) is 6.24. The van der Waals surface area contributed by atoms with E-state index in [1.165, 1.54) is 10.9 Å². The predicted octanol–water partition coefficient (Wildman–Crippen LogP) is 3.72. The van der Waals surface area contributed by atoms with E-state index in [2.05, 4.69) is 17.6 Å². The summed E-state index contributed by atoms with van der Waals surface area (Å²) in [5.41, 5.74) is 8.73. The highest BCUT2D eigenvalue weighted by atomic mass is 19.1. The topological polar surface area (TPSA) is 30.9 Å². The predicted molar refractivity (Wildman–Crippen MR) is 76.6 cm³/mol. The largest absolute Gasteiger partial charge is 0.396 e. The first-order chi connectivity index (χ1) is 9.16. The number of anilines is 1. The molecule has 3 heteroatoms. The molecule has 0 aliphatic rings. The van der Waals surface area contributed by atoms with Gasteiger partial charge in [-0.1, -0.05) is 30.3 Å². The summed E-state index contributed by atoms with van der Waals surface area (Å²) >= 11 is 0. The number of aromatic nitrogens is 1. The molecule has 0 fully saturated rings. The third-order valence-corrected chi connectivity index (χ3v) is 3.44. The zero-order valence-corrected chi connectivity index (χ0v) is 10.7. The number of rotatable bonds is 2. The van der Waals surface area contributed by atoms with Crippen LogP contribution in [-0.4, -0.2) is 4.57 Å². The van der Waals surface area contributed by atoms with E-state index in [1.807, 2.05) is 24.4 Å². The van der Waals surface area contributed by atoms with Gasteiger partial charge in [-0.15, -0.1) is 0 Å². The summed E-state index contributed by atoms with van der Waals surface area (Å²) in [7, 11) is 0. The van der Waals surface area contributed by atoms with Gasteiger partial charge >= 0.3 is 0 Å². The third-order valence-electron chi connectivity index (χ3n) is 3.44. The van der Waals surface area contributed by atoms with Crippen molar-refractivity contribution in [2.75, 3.05) is 5.73 Å². The van der Waals surface area contributed by atoms with Crippen molar-refractivity contribution < 1.29 is 4.39 Å². The standard InChI is InChI=1S/C16H15FN2/c1-11-9-19(15-8-3-2-6-13(11)15)10-12-5-4-7-14(18)16(12)17/h2-9H,10,18H2,1H3. The summed E-state index contributed by atoms with van der Waals surface area (Å²) in [5.74, 6) is -0.321. The lowest BCUT2D eigenvalue weighted by Crippen LogP contribution is -2.02. The molecular formula is C16H15FN2. The van der Waals surface area contributed by atoms with Crippen LogP contribution in [-0.2, 0) is 6.54 Å². The lowest BCUT2D eigenvalue weighted by atomic mass is 10.2. The van der Waals surface area contributed by atoms with E-state index in [9.17, 15) is 4.39 Å². The van der Waals surface area contributed by atoms with Gasteiger partial charge in [0, 0.05) is 22.7 Å². The van der Waals surface area contributed by atoms with Crippen LogP contribution in [0.5, 0.6) is 0 Å². The molecule has 0 radical (unpaired) electrons. The number of nitrogen functional groups attached to an aromatic ring is 1. The molecule has 1 heterocycles. The molecule has 96 valence electrons. The van der Waals surface area contributed by atoms with Gasteiger partial charge in [-0.05, 0) is 24.6 Å². The Bertz CT molecular complexity index is 744. The smallest absolute Gasteiger partial charge is 0.151 e. The Morgan fingerprint density at radius 3 is 2.74 bits per heavy atom. The van der Waals surface area contributed by atoms with Crippen molar-refractivity contribution in [2.24, 2.45) is 0 Å². The highest BCUT2D eigenvalue weighted by Gasteiger charge is 2.09. The van der Waals surface area contributed by atoms with E-state index in [0.29, 0.717) is 12.1 Å². The third kappa shape index (κ3) is 1.97. The second kappa shape index (κ2) is 4.43. The molecule has 19 heavy (non-hydrogen) atoms. The highest BCUT2D eigenvalue weighted by Crippen LogP contribution is 2.23. The summed E-state index contributed by atoms with van der Waals surface area (Å²) in [5, 5.41) is 1.20. The molecule has 2 N–H and O–H groups in total. The Labute approximate surface area is 111 Å². The maximum Gasteiger partial charge on any atom is 0.151 e. The number of benzene rings is 2. The Morgan fingerprint density at radius 1 is 1.11 bits per heavy atom. The first kappa shape index (κ1) is 11.8. The van der Waals surface area contributed by atoms with E-state index < -0.39 is 0 Å². The van der Waals surface area contributed by atoms with Crippen LogP contribution < -0.4 is 5.73 Å². The van der Waals surface area contributed by atoms with Gasteiger partial charge in [-0.2, -0.15) is 0 Å². The summed E-state index contributed by atoms with van der Waals surface area (Å²) in [6.45, 7) is 2.56. The van der Waals surface area contributed by atoms with Crippen molar-refractivity contribution in [3.05, 3.63) is 65.6 Å². The second-order valence-corrected chi connectivity index (χ2v) is 4.78. The summed E-state index contributed by atoms with van der Waals surface area (Å²) in [4.78, 5) is 0. The van der Waals surface area contributed by atoms with E-state index in [-0.39, 0.29) is 11.5 Å². The van der Waals surface area contributed by atoms with Gasteiger partial charge in [0.25, 0.3) is 0 Å². The molecule has 2 aromatic carbocycles. The Balaban J connectivity index is 2.09. The highest BCUT2D eigenvalue weighted by molar-refractivity contribution is 5.83. The summed E-state index contributed by atoms with van der Waals surface area (Å²) in [6, 6.07) is 13.3. The van der Waals surface area contributed by atoms with Gasteiger partial charge in [0.1, 0.15) is 0 Å². The van der Waals surface area contributed by atoms with Crippen LogP contribution in [0.15, 0.2) is 48.7 Å². The normalized spacial score (nSPS) is 11.1. The van der Waals surface area contributed by atoms with Crippen LogP contribution in [0.1, 0.15) is 11.1 Å². The van der Waals surface area contributed by atoms with Gasteiger partial charge in [-0.3, -0.25) is 0 Å². The SMILES string of the molecule is Cc1cn(Cc2cccc(N)c2F)c2ccccc12. The van der Waals surface area contributed by atoms with Crippen LogP contribution in [0.4, 0.5) is 10.1 Å². The molecule has 0 aliphatic heterocycles. The molecule has 0 atom stereocenters. The average Bonchev–Trinajstić information content (AvgIpc) is 2.73. The van der Waals surface area contributed by atoms with Crippen LogP contribution in [0, 0.1) is 12.7 Å². The van der Waals surface area contributed by atoms with E-state index in [1.54, 1.807) is 18.2 Å². The Morgan fingerprint density at radius 2 is 1.89 bits per heavy atom. The number of nitrogens with two attached hydrogens (primary N) is 1. The number of halogens is 1. The van der Waals surface area contributed by atoms with Gasteiger partial charge in [0.05, 0.1) is 12.2 Å². The second-order valence-electron chi connectivity index (χ2n) is 4.78. The van der Waals surface area contributed by atoms with Crippen LogP contribution in [0.25, 0.3) is 10.9 Å². The van der Waals surface area contributed by atoms with E-state index >= 15 is 0 Å².